The van der Waals surface area contributed by atoms with Crippen LogP contribution < -0.4 is 10.5 Å². The Morgan fingerprint density at radius 2 is 2.00 bits per heavy atom. The van der Waals surface area contributed by atoms with Gasteiger partial charge in [0, 0.05) is 19.0 Å². The summed E-state index contributed by atoms with van der Waals surface area (Å²) >= 11 is 0. The van der Waals surface area contributed by atoms with Crippen LogP contribution in [-0.4, -0.2) is 25.1 Å². The molecule has 0 spiro atoms. The molecule has 0 saturated heterocycles. The largest absolute Gasteiger partial charge is 0.339 e. The summed E-state index contributed by atoms with van der Waals surface area (Å²) < 4.78 is 27.4. The molecule has 0 fully saturated rings. The molecule has 21 heavy (non-hydrogen) atoms. The highest BCUT2D eigenvalue weighted by Crippen LogP contribution is 2.15. The predicted molar refractivity (Wildman–Crippen MR) is 77.0 cm³/mol. The summed E-state index contributed by atoms with van der Waals surface area (Å²) in [5, 5.41) is 12.1. The third-order valence-electron chi connectivity index (χ3n) is 3.07. The molecule has 1 heterocycles. The smallest absolute Gasteiger partial charge is 0.238 e. The van der Waals surface area contributed by atoms with Gasteiger partial charge in [0.05, 0.1) is 4.90 Å². The van der Waals surface area contributed by atoms with Crippen LogP contribution in [-0.2, 0) is 16.4 Å². The molecular formula is C13H18N4O3S. The average Bonchev–Trinajstić information content (AvgIpc) is 2.83. The van der Waals surface area contributed by atoms with Gasteiger partial charge in [0.15, 0.2) is 5.82 Å². The van der Waals surface area contributed by atoms with Crippen LogP contribution in [0.4, 0.5) is 0 Å². The zero-order valence-corrected chi connectivity index (χ0v) is 12.7. The van der Waals surface area contributed by atoms with Crippen LogP contribution in [0.1, 0.15) is 30.2 Å². The van der Waals surface area contributed by atoms with Crippen LogP contribution >= 0.6 is 0 Å². The van der Waals surface area contributed by atoms with E-state index in [0.717, 1.165) is 5.56 Å². The van der Waals surface area contributed by atoms with Gasteiger partial charge in [0.1, 0.15) is 0 Å². The van der Waals surface area contributed by atoms with Crippen molar-refractivity contribution in [2.75, 3.05) is 6.54 Å². The molecule has 2 rings (SSSR count). The van der Waals surface area contributed by atoms with Crippen LogP contribution in [0.15, 0.2) is 33.7 Å². The lowest BCUT2D eigenvalue weighted by molar-refractivity contribution is 0.370. The minimum atomic E-state index is -3.64. The van der Waals surface area contributed by atoms with Crippen LogP contribution in [0.2, 0.25) is 0 Å². The van der Waals surface area contributed by atoms with Crippen molar-refractivity contribution < 1.29 is 12.9 Å². The Morgan fingerprint density at radius 3 is 2.52 bits per heavy atom. The quantitative estimate of drug-likeness (QED) is 0.820. The molecule has 0 saturated carbocycles. The molecule has 1 unspecified atom stereocenters. The Morgan fingerprint density at radius 1 is 1.33 bits per heavy atom. The molecule has 114 valence electrons. The highest BCUT2D eigenvalue weighted by molar-refractivity contribution is 7.89. The summed E-state index contributed by atoms with van der Waals surface area (Å²) in [6, 6.07) is 6.57. The molecule has 0 bridgehead atoms. The number of aromatic nitrogens is 2. The Labute approximate surface area is 123 Å². The van der Waals surface area contributed by atoms with Crippen molar-refractivity contribution in [1.29, 1.82) is 0 Å². The van der Waals surface area contributed by atoms with Gasteiger partial charge < -0.3 is 9.84 Å². The molecule has 1 aromatic heterocycles. The molecule has 7 nitrogen and oxygen atoms in total. The molecule has 0 radical (unpaired) electrons. The molecule has 0 aliphatic carbocycles. The van der Waals surface area contributed by atoms with E-state index < -0.39 is 10.0 Å². The molecule has 3 N–H and O–H groups in total. The van der Waals surface area contributed by atoms with Crippen molar-refractivity contribution in [3.63, 3.8) is 0 Å². The summed E-state index contributed by atoms with van der Waals surface area (Å²) in [4.78, 5) is 4.23. The third kappa shape index (κ3) is 4.35. The first-order chi connectivity index (χ1) is 9.86. The third-order valence-corrected chi connectivity index (χ3v) is 4.00. The lowest BCUT2D eigenvalue weighted by Gasteiger charge is -2.13. The number of benzene rings is 1. The molecule has 1 aromatic carbocycles. The SMILES string of the molecule is Cc1noc(CCNC(C)c2ccc(S(N)(=O)=O)cc2)n1. The van der Waals surface area contributed by atoms with Gasteiger partial charge in [-0.15, -0.1) is 0 Å². The normalized spacial score (nSPS) is 13.3. The maximum absolute atomic E-state index is 11.2. The monoisotopic (exact) mass is 310 g/mol. The van der Waals surface area contributed by atoms with Crippen molar-refractivity contribution in [3.8, 4) is 0 Å². The Bertz CT molecular complexity index is 694. The Hall–Kier alpha value is -1.77. The maximum atomic E-state index is 11.2. The number of nitrogens with zero attached hydrogens (tertiary/aromatic N) is 2. The number of hydrogen-bond donors (Lipinski definition) is 2. The minimum absolute atomic E-state index is 0.0727. The van der Waals surface area contributed by atoms with E-state index in [9.17, 15) is 8.42 Å². The number of nitrogens with two attached hydrogens (primary N) is 1. The number of nitrogens with one attached hydrogen (secondary N) is 1. The zero-order chi connectivity index (χ0) is 15.5. The Balaban J connectivity index is 1.89. The molecule has 2 aromatic rings. The van der Waals surface area contributed by atoms with Gasteiger partial charge in [0.2, 0.25) is 15.9 Å². The van der Waals surface area contributed by atoms with E-state index in [1.54, 1.807) is 19.1 Å². The molecule has 0 aliphatic rings. The van der Waals surface area contributed by atoms with Crippen molar-refractivity contribution in [3.05, 3.63) is 41.5 Å². The molecule has 8 heteroatoms. The second-order valence-corrected chi connectivity index (χ2v) is 6.34. The van der Waals surface area contributed by atoms with Crippen LogP contribution in [0.3, 0.4) is 0 Å². The summed E-state index contributed by atoms with van der Waals surface area (Å²) in [7, 11) is -3.64. The lowest BCUT2D eigenvalue weighted by Crippen LogP contribution is -2.21. The fourth-order valence-corrected chi connectivity index (χ4v) is 2.42. The van der Waals surface area contributed by atoms with Crippen molar-refractivity contribution in [2.24, 2.45) is 5.14 Å². The first-order valence-electron chi connectivity index (χ1n) is 6.51. The van der Waals surface area contributed by atoms with Gasteiger partial charge in [-0.3, -0.25) is 0 Å². The maximum Gasteiger partial charge on any atom is 0.238 e. The number of hydrogen-bond acceptors (Lipinski definition) is 6. The molecular weight excluding hydrogens is 292 g/mol. The first-order valence-corrected chi connectivity index (χ1v) is 8.06. The number of sulfonamides is 1. The van der Waals surface area contributed by atoms with Crippen molar-refractivity contribution in [2.45, 2.75) is 31.2 Å². The lowest BCUT2D eigenvalue weighted by atomic mass is 10.1. The van der Waals surface area contributed by atoms with Crippen LogP contribution in [0.5, 0.6) is 0 Å². The van der Waals surface area contributed by atoms with Gasteiger partial charge in [-0.25, -0.2) is 13.6 Å². The van der Waals surface area contributed by atoms with Gasteiger partial charge in [-0.1, -0.05) is 17.3 Å². The van der Waals surface area contributed by atoms with Crippen LogP contribution in [0.25, 0.3) is 0 Å². The topological polar surface area (TPSA) is 111 Å². The summed E-state index contributed by atoms with van der Waals surface area (Å²) in [6.07, 6.45) is 0.639. The summed E-state index contributed by atoms with van der Waals surface area (Å²) in [5.74, 6) is 1.22. The Kier molecular flexibility index (Phi) is 4.71. The second-order valence-electron chi connectivity index (χ2n) is 4.78. The standard InChI is InChI=1S/C13H18N4O3S/c1-9(15-8-7-13-16-10(2)17-20-13)11-3-5-12(6-4-11)21(14,18)19/h3-6,9,15H,7-8H2,1-2H3,(H2,14,18,19). The zero-order valence-electron chi connectivity index (χ0n) is 11.9. The van der Waals surface area contributed by atoms with Gasteiger partial charge >= 0.3 is 0 Å². The second kappa shape index (κ2) is 6.33. The van der Waals surface area contributed by atoms with E-state index in [1.807, 2.05) is 6.92 Å². The predicted octanol–water partition coefficient (Wildman–Crippen LogP) is 0.919. The van der Waals surface area contributed by atoms with E-state index in [2.05, 4.69) is 15.5 Å². The van der Waals surface area contributed by atoms with E-state index in [4.69, 9.17) is 9.66 Å². The molecule has 0 amide bonds. The fraction of sp³-hybridized carbons (Fsp3) is 0.385. The molecule has 1 atom stereocenters. The van der Waals surface area contributed by atoms with Crippen molar-refractivity contribution in [1.82, 2.24) is 15.5 Å². The van der Waals surface area contributed by atoms with E-state index in [0.29, 0.717) is 24.7 Å². The van der Waals surface area contributed by atoms with Gasteiger partial charge in [0.25, 0.3) is 0 Å². The number of primary sulfonamides is 1. The molecule has 0 aliphatic heterocycles. The summed E-state index contributed by atoms with van der Waals surface area (Å²) in [5.41, 5.74) is 0.976. The minimum Gasteiger partial charge on any atom is -0.339 e. The number of rotatable bonds is 6. The van der Waals surface area contributed by atoms with Gasteiger partial charge in [-0.2, -0.15) is 4.98 Å². The average molecular weight is 310 g/mol. The highest BCUT2D eigenvalue weighted by Gasteiger charge is 2.10. The van der Waals surface area contributed by atoms with Crippen molar-refractivity contribution >= 4 is 10.0 Å². The highest BCUT2D eigenvalue weighted by atomic mass is 32.2. The van der Waals surface area contributed by atoms with E-state index in [-0.39, 0.29) is 10.9 Å². The first kappa shape index (κ1) is 15.6. The van der Waals surface area contributed by atoms with Crippen LogP contribution in [0, 0.1) is 6.92 Å². The van der Waals surface area contributed by atoms with E-state index >= 15 is 0 Å². The fourth-order valence-electron chi connectivity index (χ4n) is 1.90. The summed E-state index contributed by atoms with van der Waals surface area (Å²) in [6.45, 7) is 4.45. The van der Waals surface area contributed by atoms with Gasteiger partial charge in [-0.05, 0) is 31.5 Å². The van der Waals surface area contributed by atoms with E-state index in [1.165, 1.54) is 12.1 Å². The number of aryl methyl sites for hydroxylation is 1.